The van der Waals surface area contributed by atoms with Crippen LogP contribution in [0.4, 0.5) is 0 Å². The van der Waals surface area contributed by atoms with Crippen LogP contribution in [0.3, 0.4) is 0 Å². The summed E-state index contributed by atoms with van der Waals surface area (Å²) < 4.78 is 2.15. The Hall–Kier alpha value is -1.92. The van der Waals surface area contributed by atoms with Crippen LogP contribution in [-0.4, -0.2) is 65.4 Å². The number of carbonyl (C=O) groups is 1. The normalized spacial score (nSPS) is 16.6. The van der Waals surface area contributed by atoms with Crippen molar-refractivity contribution in [2.75, 3.05) is 40.3 Å². The number of aryl methyl sites for hydroxylation is 1. The van der Waals surface area contributed by atoms with Gasteiger partial charge in [0.15, 0.2) is 0 Å². The van der Waals surface area contributed by atoms with Crippen LogP contribution in [0.5, 0.6) is 0 Å². The Morgan fingerprint density at radius 2 is 2.12 bits per heavy atom. The molecule has 1 aliphatic heterocycles. The maximum Gasteiger partial charge on any atom is 0.233 e. The van der Waals surface area contributed by atoms with Crippen LogP contribution in [0.1, 0.15) is 24.2 Å². The fourth-order valence-corrected chi connectivity index (χ4v) is 3.67. The molecule has 6 heteroatoms. The number of hydrogen-bond donors (Lipinski definition) is 1. The smallest absolute Gasteiger partial charge is 0.233 e. The molecular weight excluding hydrogens is 314 g/mol. The van der Waals surface area contributed by atoms with Crippen molar-refractivity contribution in [3.05, 3.63) is 35.8 Å². The first-order valence-electron chi connectivity index (χ1n) is 9.10. The predicted molar refractivity (Wildman–Crippen MR) is 99.5 cm³/mol. The fraction of sp³-hybridized carbons (Fsp3) is 0.579. The molecule has 0 atom stereocenters. The number of fused-ring (bicyclic) bond motifs is 1. The van der Waals surface area contributed by atoms with Gasteiger partial charge in [0.25, 0.3) is 0 Å². The van der Waals surface area contributed by atoms with Gasteiger partial charge >= 0.3 is 0 Å². The first-order valence-corrected chi connectivity index (χ1v) is 9.10. The standard InChI is InChI=1S/C19H29N5O/c1-15-5-4-6-18-21-17(13-24(15)18)12-22(3)11-16-7-9-23(10-8-16)14-19(25)20-2/h4-6,13,16H,7-12,14H2,1-3H3,(H,20,25). The van der Waals surface area contributed by atoms with Gasteiger partial charge < -0.3 is 14.6 Å². The van der Waals surface area contributed by atoms with Crippen molar-refractivity contribution in [3.8, 4) is 0 Å². The SMILES string of the molecule is CNC(=O)CN1CCC(CN(C)Cc2cn3c(C)cccc3n2)CC1. The van der Waals surface area contributed by atoms with Gasteiger partial charge in [-0.2, -0.15) is 0 Å². The van der Waals surface area contributed by atoms with E-state index >= 15 is 0 Å². The molecule has 0 bridgehead atoms. The van der Waals surface area contributed by atoms with Gasteiger partial charge in [-0.15, -0.1) is 0 Å². The van der Waals surface area contributed by atoms with Crippen molar-refractivity contribution < 1.29 is 4.79 Å². The largest absolute Gasteiger partial charge is 0.358 e. The lowest BCUT2D eigenvalue weighted by atomic mass is 9.96. The summed E-state index contributed by atoms with van der Waals surface area (Å²) in [5, 5.41) is 2.70. The maximum atomic E-state index is 11.5. The Morgan fingerprint density at radius 3 is 2.80 bits per heavy atom. The first kappa shape index (κ1) is 17.9. The van der Waals surface area contributed by atoms with E-state index in [-0.39, 0.29) is 5.91 Å². The summed E-state index contributed by atoms with van der Waals surface area (Å²) in [5.41, 5.74) is 3.35. The van der Waals surface area contributed by atoms with E-state index < -0.39 is 0 Å². The highest BCUT2D eigenvalue weighted by atomic mass is 16.1. The minimum absolute atomic E-state index is 0.109. The molecular formula is C19H29N5O. The number of imidazole rings is 1. The molecule has 2 aromatic rings. The molecule has 0 unspecified atom stereocenters. The average Bonchev–Trinajstić information content (AvgIpc) is 3.00. The number of pyridine rings is 1. The minimum atomic E-state index is 0.109. The Balaban J connectivity index is 1.48. The van der Waals surface area contributed by atoms with Crippen LogP contribution < -0.4 is 5.32 Å². The van der Waals surface area contributed by atoms with E-state index in [4.69, 9.17) is 4.98 Å². The van der Waals surface area contributed by atoms with Crippen LogP contribution >= 0.6 is 0 Å². The first-order chi connectivity index (χ1) is 12.0. The van der Waals surface area contributed by atoms with E-state index in [0.29, 0.717) is 12.5 Å². The Labute approximate surface area is 149 Å². The molecule has 1 saturated heterocycles. The lowest BCUT2D eigenvalue weighted by Crippen LogP contribution is -2.42. The molecule has 0 aromatic carbocycles. The highest BCUT2D eigenvalue weighted by Gasteiger charge is 2.21. The van der Waals surface area contributed by atoms with Crippen LogP contribution in [-0.2, 0) is 11.3 Å². The molecule has 136 valence electrons. The number of piperidine rings is 1. The molecule has 0 aliphatic carbocycles. The molecule has 1 N–H and O–H groups in total. The number of nitrogens with zero attached hydrogens (tertiary/aromatic N) is 4. The quantitative estimate of drug-likeness (QED) is 0.864. The Bertz CT molecular complexity index is 718. The summed E-state index contributed by atoms with van der Waals surface area (Å²) in [7, 11) is 3.87. The van der Waals surface area contributed by atoms with E-state index in [1.165, 1.54) is 5.69 Å². The van der Waals surface area contributed by atoms with Gasteiger partial charge in [-0.3, -0.25) is 9.69 Å². The van der Waals surface area contributed by atoms with Gasteiger partial charge in [0.2, 0.25) is 5.91 Å². The number of amides is 1. The van der Waals surface area contributed by atoms with Crippen molar-refractivity contribution >= 4 is 11.6 Å². The van der Waals surface area contributed by atoms with Gasteiger partial charge in [0.05, 0.1) is 12.2 Å². The van der Waals surface area contributed by atoms with Gasteiger partial charge in [-0.25, -0.2) is 4.98 Å². The van der Waals surface area contributed by atoms with E-state index in [9.17, 15) is 4.79 Å². The molecule has 25 heavy (non-hydrogen) atoms. The average molecular weight is 343 g/mol. The van der Waals surface area contributed by atoms with Crippen LogP contribution in [0.2, 0.25) is 0 Å². The summed E-state index contributed by atoms with van der Waals surface area (Å²) in [5.74, 6) is 0.808. The van der Waals surface area contributed by atoms with Gasteiger partial charge in [-0.1, -0.05) is 6.07 Å². The van der Waals surface area contributed by atoms with Crippen molar-refractivity contribution in [3.63, 3.8) is 0 Å². The highest BCUT2D eigenvalue weighted by molar-refractivity contribution is 5.77. The van der Waals surface area contributed by atoms with Crippen LogP contribution in [0, 0.1) is 12.8 Å². The summed E-state index contributed by atoms with van der Waals surface area (Å²) in [6.45, 7) is 6.62. The van der Waals surface area contributed by atoms with Gasteiger partial charge in [0, 0.05) is 32.0 Å². The molecule has 1 aliphatic rings. The predicted octanol–water partition coefficient (Wildman–Crippen LogP) is 1.53. The van der Waals surface area contributed by atoms with Crippen molar-refractivity contribution in [2.45, 2.75) is 26.3 Å². The summed E-state index contributed by atoms with van der Waals surface area (Å²) in [6.07, 6.45) is 4.46. The van der Waals surface area contributed by atoms with E-state index in [2.05, 4.69) is 57.9 Å². The minimum Gasteiger partial charge on any atom is -0.358 e. The lowest BCUT2D eigenvalue weighted by molar-refractivity contribution is -0.122. The van der Waals surface area contributed by atoms with Crippen LogP contribution in [0.25, 0.3) is 5.65 Å². The van der Waals surface area contributed by atoms with Crippen molar-refractivity contribution in [2.24, 2.45) is 5.92 Å². The molecule has 1 fully saturated rings. The lowest BCUT2D eigenvalue weighted by Gasteiger charge is -2.33. The van der Waals surface area contributed by atoms with Crippen molar-refractivity contribution in [1.29, 1.82) is 0 Å². The zero-order valence-electron chi connectivity index (χ0n) is 15.5. The number of rotatable bonds is 6. The van der Waals surface area contributed by atoms with E-state index in [0.717, 1.165) is 50.4 Å². The number of carbonyl (C=O) groups excluding carboxylic acids is 1. The van der Waals surface area contributed by atoms with Gasteiger partial charge in [0.1, 0.15) is 5.65 Å². The monoisotopic (exact) mass is 343 g/mol. The summed E-state index contributed by atoms with van der Waals surface area (Å²) >= 11 is 0. The molecule has 1 amide bonds. The number of aromatic nitrogens is 2. The maximum absolute atomic E-state index is 11.5. The number of nitrogens with one attached hydrogen (secondary N) is 1. The van der Waals surface area contributed by atoms with Gasteiger partial charge in [-0.05, 0) is 58.0 Å². The molecule has 2 aromatic heterocycles. The van der Waals surface area contributed by atoms with Crippen LogP contribution in [0.15, 0.2) is 24.4 Å². The number of likely N-dealkylation sites (tertiary alicyclic amines) is 1. The highest BCUT2D eigenvalue weighted by Crippen LogP contribution is 2.19. The summed E-state index contributed by atoms with van der Waals surface area (Å²) in [4.78, 5) is 20.8. The Morgan fingerprint density at radius 1 is 1.36 bits per heavy atom. The molecule has 0 radical (unpaired) electrons. The number of hydrogen-bond acceptors (Lipinski definition) is 4. The second kappa shape index (κ2) is 7.97. The zero-order valence-corrected chi connectivity index (χ0v) is 15.5. The van der Waals surface area contributed by atoms with Crippen molar-refractivity contribution in [1.82, 2.24) is 24.5 Å². The fourth-order valence-electron chi connectivity index (χ4n) is 3.67. The molecule has 0 saturated carbocycles. The molecule has 0 spiro atoms. The summed E-state index contributed by atoms with van der Waals surface area (Å²) in [6, 6.07) is 6.21. The Kier molecular flexibility index (Phi) is 5.71. The topological polar surface area (TPSA) is 52.9 Å². The molecule has 3 heterocycles. The molecule has 6 nitrogen and oxygen atoms in total. The zero-order chi connectivity index (χ0) is 17.8. The third-order valence-corrected chi connectivity index (χ3v) is 5.10. The number of likely N-dealkylation sites (N-methyl/N-ethyl adjacent to an activating group) is 1. The third kappa shape index (κ3) is 4.58. The van der Waals surface area contributed by atoms with E-state index in [1.807, 2.05) is 0 Å². The third-order valence-electron chi connectivity index (χ3n) is 5.10. The van der Waals surface area contributed by atoms with E-state index in [1.54, 1.807) is 7.05 Å². The molecule has 3 rings (SSSR count). The second-order valence-corrected chi connectivity index (χ2v) is 7.22. The second-order valence-electron chi connectivity index (χ2n) is 7.22.